The van der Waals surface area contributed by atoms with E-state index in [1.54, 1.807) is 32.1 Å². The first-order valence-corrected chi connectivity index (χ1v) is 6.23. The Morgan fingerprint density at radius 3 is 2.62 bits per heavy atom. The molecular weight excluding hydrogens is 156 g/mol. The Kier molecular flexibility index (Phi) is 1.61. The van der Waals surface area contributed by atoms with E-state index in [-0.39, 0.29) is 0 Å². The van der Waals surface area contributed by atoms with Crippen LogP contribution in [0.4, 0.5) is 0 Å². The summed E-state index contributed by atoms with van der Waals surface area (Å²) in [6.45, 7) is 4.92. The Labute approximate surface area is 82.1 Å². The second kappa shape index (κ2) is 2.52. The molecule has 3 aliphatic rings. The van der Waals surface area contributed by atoms with Gasteiger partial charge in [-0.25, -0.2) is 0 Å². The van der Waals surface area contributed by atoms with E-state index in [9.17, 15) is 0 Å². The summed E-state index contributed by atoms with van der Waals surface area (Å²) < 4.78 is 0. The van der Waals surface area contributed by atoms with E-state index in [1.807, 2.05) is 0 Å². The lowest BCUT2D eigenvalue weighted by atomic mass is 9.39. The van der Waals surface area contributed by atoms with E-state index in [1.165, 1.54) is 12.3 Å². The van der Waals surface area contributed by atoms with E-state index in [0.717, 1.165) is 23.2 Å². The molecule has 3 rings (SSSR count). The Bertz CT molecular complexity index is 220. The van der Waals surface area contributed by atoms with Crippen molar-refractivity contribution in [1.82, 2.24) is 0 Å². The lowest BCUT2D eigenvalue weighted by Gasteiger charge is -2.66. The summed E-state index contributed by atoms with van der Waals surface area (Å²) in [6, 6.07) is 0. The normalized spacial score (nSPS) is 58.6. The maximum Gasteiger partial charge on any atom is -0.0287 e. The molecule has 0 N–H and O–H groups in total. The molecule has 0 saturated heterocycles. The van der Waals surface area contributed by atoms with Crippen LogP contribution >= 0.6 is 0 Å². The third kappa shape index (κ3) is 0.980. The molecule has 0 spiro atoms. The molecule has 0 aliphatic heterocycles. The van der Waals surface area contributed by atoms with Gasteiger partial charge in [0.25, 0.3) is 0 Å². The topological polar surface area (TPSA) is 0 Å². The van der Waals surface area contributed by atoms with Crippen LogP contribution in [0.5, 0.6) is 0 Å². The Morgan fingerprint density at radius 2 is 1.92 bits per heavy atom. The van der Waals surface area contributed by atoms with Crippen LogP contribution in [0.2, 0.25) is 0 Å². The zero-order valence-corrected chi connectivity index (χ0v) is 9.05. The second-order valence-electron chi connectivity index (χ2n) is 6.20. The Hall–Kier alpha value is 0. The standard InChI is InChI=1S/C13H22/c1-3-9-4-5-10-7-13(2)8-11(6-9)12(10)13/h9-12H,3-8H2,1-2H3. The second-order valence-corrected chi connectivity index (χ2v) is 6.20. The molecule has 0 aromatic rings. The van der Waals surface area contributed by atoms with Crippen molar-refractivity contribution in [2.24, 2.45) is 29.1 Å². The summed E-state index contributed by atoms with van der Waals surface area (Å²) >= 11 is 0. The minimum Gasteiger partial charge on any atom is -0.0651 e. The molecule has 0 aromatic heterocycles. The first kappa shape index (κ1) is 8.32. The smallest absolute Gasteiger partial charge is 0.0287 e. The van der Waals surface area contributed by atoms with Gasteiger partial charge in [0.1, 0.15) is 0 Å². The molecular formula is C13H22. The van der Waals surface area contributed by atoms with Gasteiger partial charge in [0.2, 0.25) is 0 Å². The SMILES string of the molecule is CCC1CCC2CC3(C)CC(C1)C23. The maximum atomic E-state index is 2.54. The van der Waals surface area contributed by atoms with Gasteiger partial charge in [0.05, 0.1) is 0 Å². The van der Waals surface area contributed by atoms with Gasteiger partial charge in [-0.3, -0.25) is 0 Å². The summed E-state index contributed by atoms with van der Waals surface area (Å²) in [5.74, 6) is 4.56. The largest absolute Gasteiger partial charge is 0.0651 e. The highest BCUT2D eigenvalue weighted by Crippen LogP contribution is 2.70. The number of rotatable bonds is 1. The van der Waals surface area contributed by atoms with Crippen molar-refractivity contribution in [3.63, 3.8) is 0 Å². The van der Waals surface area contributed by atoms with Crippen LogP contribution < -0.4 is 0 Å². The quantitative estimate of drug-likeness (QED) is 0.572. The molecule has 5 unspecified atom stereocenters. The third-order valence-corrected chi connectivity index (χ3v) is 5.44. The first-order valence-electron chi connectivity index (χ1n) is 6.23. The average molecular weight is 178 g/mol. The Morgan fingerprint density at radius 1 is 1.15 bits per heavy atom. The van der Waals surface area contributed by atoms with Crippen LogP contribution in [0.3, 0.4) is 0 Å². The van der Waals surface area contributed by atoms with E-state index in [4.69, 9.17) is 0 Å². The molecule has 0 aromatic carbocycles. The molecule has 0 radical (unpaired) electrons. The monoisotopic (exact) mass is 178 g/mol. The summed E-state index contributed by atoms with van der Waals surface area (Å²) in [4.78, 5) is 0. The fourth-order valence-electron chi connectivity index (χ4n) is 4.89. The molecule has 74 valence electrons. The minimum absolute atomic E-state index is 0.831. The van der Waals surface area contributed by atoms with Gasteiger partial charge in [-0.05, 0) is 54.8 Å². The van der Waals surface area contributed by atoms with E-state index in [0.29, 0.717) is 0 Å². The lowest BCUT2D eigenvalue weighted by Crippen LogP contribution is -2.58. The van der Waals surface area contributed by atoms with Crippen molar-refractivity contribution in [1.29, 1.82) is 0 Å². The van der Waals surface area contributed by atoms with Crippen molar-refractivity contribution >= 4 is 0 Å². The number of hydrogen-bond acceptors (Lipinski definition) is 0. The summed E-state index contributed by atoms with van der Waals surface area (Å²) in [6.07, 6.45) is 9.27. The van der Waals surface area contributed by atoms with Gasteiger partial charge in [-0.1, -0.05) is 26.7 Å². The number of hydrogen-bond donors (Lipinski definition) is 0. The molecule has 5 atom stereocenters. The summed E-state index contributed by atoms with van der Waals surface area (Å²) in [5.41, 5.74) is 0.831. The first-order chi connectivity index (χ1) is 6.23. The van der Waals surface area contributed by atoms with Crippen LogP contribution in [-0.4, -0.2) is 0 Å². The van der Waals surface area contributed by atoms with Crippen LogP contribution in [0, 0.1) is 29.1 Å². The highest BCUT2D eigenvalue weighted by Gasteiger charge is 2.62. The van der Waals surface area contributed by atoms with Gasteiger partial charge in [-0.15, -0.1) is 0 Å². The molecule has 0 heteroatoms. The van der Waals surface area contributed by atoms with Crippen molar-refractivity contribution < 1.29 is 0 Å². The average Bonchev–Trinajstić information content (AvgIpc) is 2.13. The van der Waals surface area contributed by atoms with E-state index < -0.39 is 0 Å². The predicted octanol–water partition coefficient (Wildman–Crippen LogP) is 3.86. The zero-order valence-electron chi connectivity index (χ0n) is 9.05. The molecule has 3 aliphatic carbocycles. The third-order valence-electron chi connectivity index (χ3n) is 5.44. The van der Waals surface area contributed by atoms with Crippen molar-refractivity contribution in [3.8, 4) is 0 Å². The Balaban J connectivity index is 1.74. The van der Waals surface area contributed by atoms with E-state index >= 15 is 0 Å². The predicted molar refractivity (Wildman–Crippen MR) is 55.4 cm³/mol. The molecule has 0 heterocycles. The maximum absolute atomic E-state index is 2.54. The summed E-state index contributed by atoms with van der Waals surface area (Å²) in [7, 11) is 0. The highest BCUT2D eigenvalue weighted by molar-refractivity contribution is 5.11. The van der Waals surface area contributed by atoms with Gasteiger partial charge in [0.15, 0.2) is 0 Å². The zero-order chi connectivity index (χ0) is 9.05. The van der Waals surface area contributed by atoms with E-state index in [2.05, 4.69) is 13.8 Å². The van der Waals surface area contributed by atoms with Crippen molar-refractivity contribution in [3.05, 3.63) is 0 Å². The molecule has 13 heavy (non-hydrogen) atoms. The van der Waals surface area contributed by atoms with Gasteiger partial charge in [-0.2, -0.15) is 0 Å². The van der Waals surface area contributed by atoms with Gasteiger partial charge in [0, 0.05) is 0 Å². The molecule has 0 amide bonds. The lowest BCUT2D eigenvalue weighted by molar-refractivity contribution is -0.171. The molecule has 0 bridgehead atoms. The molecule has 0 nitrogen and oxygen atoms in total. The molecule has 3 fully saturated rings. The van der Waals surface area contributed by atoms with Gasteiger partial charge >= 0.3 is 0 Å². The fraction of sp³-hybridized carbons (Fsp3) is 1.00. The highest BCUT2D eigenvalue weighted by atomic mass is 14.7. The minimum atomic E-state index is 0.831. The van der Waals surface area contributed by atoms with Crippen molar-refractivity contribution in [2.75, 3.05) is 0 Å². The van der Waals surface area contributed by atoms with Crippen LogP contribution in [0.15, 0.2) is 0 Å². The summed E-state index contributed by atoms with van der Waals surface area (Å²) in [5, 5.41) is 0. The van der Waals surface area contributed by atoms with Crippen LogP contribution in [0.25, 0.3) is 0 Å². The van der Waals surface area contributed by atoms with Crippen LogP contribution in [0.1, 0.15) is 52.4 Å². The van der Waals surface area contributed by atoms with Crippen LogP contribution in [-0.2, 0) is 0 Å². The van der Waals surface area contributed by atoms with Gasteiger partial charge < -0.3 is 0 Å². The van der Waals surface area contributed by atoms with Crippen molar-refractivity contribution in [2.45, 2.75) is 52.4 Å². The fourth-order valence-corrected chi connectivity index (χ4v) is 4.89. The molecule has 3 saturated carbocycles.